The summed E-state index contributed by atoms with van der Waals surface area (Å²) in [4.78, 5) is 10.9. The van der Waals surface area contributed by atoms with Crippen molar-refractivity contribution in [2.24, 2.45) is 9.98 Å². The maximum atomic E-state index is 4.07. The quantitative estimate of drug-likeness (QED) is 0.577. The molecule has 1 aliphatic heterocycles. The van der Waals surface area contributed by atoms with Crippen LogP contribution in [-0.2, 0) is 0 Å². The van der Waals surface area contributed by atoms with Crippen LogP contribution in [0.1, 0.15) is 11.3 Å². The Labute approximate surface area is 64.2 Å². The zero-order chi connectivity index (χ0) is 7.68. The summed E-state index contributed by atoms with van der Waals surface area (Å²) in [6.45, 7) is 2.00. The van der Waals surface area contributed by atoms with Crippen LogP contribution in [0.5, 0.6) is 0 Å². The summed E-state index contributed by atoms with van der Waals surface area (Å²) in [5.41, 5.74) is 2.15. The molecule has 1 aromatic heterocycles. The molecule has 2 heterocycles. The van der Waals surface area contributed by atoms with Crippen LogP contribution in [0.2, 0.25) is 0 Å². The molecule has 1 aliphatic rings. The van der Waals surface area contributed by atoms with E-state index < -0.39 is 0 Å². The molecular formula is C8H7N3. The Bertz CT molecular complexity index is 365. The lowest BCUT2D eigenvalue weighted by Gasteiger charge is -1.84. The fraction of sp³-hybridized carbons (Fsp3) is 0.125. The number of hydrogen-bond donors (Lipinski definition) is 1. The lowest BCUT2D eigenvalue weighted by atomic mass is 10.3. The smallest absolute Gasteiger partial charge is 0.140 e. The molecule has 0 radical (unpaired) electrons. The number of aromatic amines is 1. The number of hydrogen-bond acceptors (Lipinski definition) is 2. The molecule has 3 heteroatoms. The summed E-state index contributed by atoms with van der Waals surface area (Å²) in [6, 6.07) is 2.01. The molecule has 0 fully saturated rings. The van der Waals surface area contributed by atoms with E-state index in [-0.39, 0.29) is 0 Å². The second-order valence-electron chi connectivity index (χ2n) is 2.40. The monoisotopic (exact) mass is 145 g/mol. The van der Waals surface area contributed by atoms with Gasteiger partial charge in [0, 0.05) is 17.3 Å². The molecule has 0 amide bonds. The van der Waals surface area contributed by atoms with Crippen molar-refractivity contribution < 1.29 is 0 Å². The van der Waals surface area contributed by atoms with Crippen molar-refractivity contribution in [3.05, 3.63) is 17.3 Å². The number of aryl methyl sites for hydroxylation is 1. The Hall–Kier alpha value is -1.60. The van der Waals surface area contributed by atoms with Gasteiger partial charge in [0.1, 0.15) is 12.2 Å². The predicted molar refractivity (Wildman–Crippen MR) is 45.6 cm³/mol. The molecule has 0 bridgehead atoms. The summed E-state index contributed by atoms with van der Waals surface area (Å²) in [6.07, 6.45) is 3.30. The van der Waals surface area contributed by atoms with E-state index in [1.54, 1.807) is 0 Å². The maximum Gasteiger partial charge on any atom is 0.140 e. The van der Waals surface area contributed by atoms with Crippen molar-refractivity contribution in [1.82, 2.24) is 4.98 Å². The molecule has 2 rings (SSSR count). The van der Waals surface area contributed by atoms with Gasteiger partial charge in [0.2, 0.25) is 0 Å². The molecule has 0 saturated heterocycles. The van der Waals surface area contributed by atoms with E-state index >= 15 is 0 Å². The van der Waals surface area contributed by atoms with Crippen LogP contribution in [0.15, 0.2) is 16.1 Å². The van der Waals surface area contributed by atoms with E-state index in [9.17, 15) is 0 Å². The minimum absolute atomic E-state index is 0.858. The van der Waals surface area contributed by atoms with Gasteiger partial charge < -0.3 is 4.98 Å². The van der Waals surface area contributed by atoms with Crippen LogP contribution in [0, 0.1) is 6.92 Å². The summed E-state index contributed by atoms with van der Waals surface area (Å²) in [5, 5.41) is 0. The summed E-state index contributed by atoms with van der Waals surface area (Å²) in [5.74, 6) is 3.61. The van der Waals surface area contributed by atoms with Crippen molar-refractivity contribution in [2.45, 2.75) is 6.92 Å². The van der Waals surface area contributed by atoms with Gasteiger partial charge in [-0.25, -0.2) is 4.99 Å². The minimum atomic E-state index is 0.858. The third-order valence-corrected chi connectivity index (χ3v) is 1.50. The average Bonchev–Trinajstić information content (AvgIpc) is 2.17. The highest BCUT2D eigenvalue weighted by Gasteiger charge is 2.01. The molecule has 54 valence electrons. The van der Waals surface area contributed by atoms with Crippen molar-refractivity contribution in [3.63, 3.8) is 0 Å². The second-order valence-corrected chi connectivity index (χ2v) is 2.40. The van der Waals surface area contributed by atoms with Gasteiger partial charge in [-0.1, -0.05) is 0 Å². The van der Waals surface area contributed by atoms with Crippen LogP contribution < -0.4 is 0 Å². The molecule has 0 atom stereocenters. The highest BCUT2D eigenvalue weighted by atomic mass is 15.0. The summed E-state index contributed by atoms with van der Waals surface area (Å²) in [7, 11) is 0. The topological polar surface area (TPSA) is 40.5 Å². The maximum absolute atomic E-state index is 4.07. The van der Waals surface area contributed by atoms with Crippen molar-refractivity contribution in [3.8, 4) is 0 Å². The highest BCUT2D eigenvalue weighted by Crippen LogP contribution is 2.20. The van der Waals surface area contributed by atoms with Crippen LogP contribution in [-0.4, -0.2) is 17.2 Å². The fourth-order valence-electron chi connectivity index (χ4n) is 1.04. The largest absolute Gasteiger partial charge is 0.343 e. The van der Waals surface area contributed by atoms with Crippen LogP contribution >= 0.6 is 0 Å². The van der Waals surface area contributed by atoms with E-state index in [4.69, 9.17) is 0 Å². The molecule has 11 heavy (non-hydrogen) atoms. The van der Waals surface area contributed by atoms with Gasteiger partial charge in [0.05, 0.1) is 0 Å². The van der Waals surface area contributed by atoms with E-state index in [2.05, 4.69) is 20.8 Å². The van der Waals surface area contributed by atoms with Gasteiger partial charge in [-0.05, 0) is 18.9 Å². The molecule has 0 saturated carbocycles. The summed E-state index contributed by atoms with van der Waals surface area (Å²) < 4.78 is 0. The Balaban J connectivity index is 2.66. The van der Waals surface area contributed by atoms with E-state index in [0.717, 1.165) is 17.1 Å². The standard InChI is InChI=1S/C8H7N3/c1-6-4-7-2-3-9-5-10-8(7)11-6/h2,4-5,11H,1H3. The molecule has 0 unspecified atom stereocenters. The lowest BCUT2D eigenvalue weighted by Crippen LogP contribution is -1.67. The first-order valence-corrected chi connectivity index (χ1v) is 3.37. The number of rotatable bonds is 0. The predicted octanol–water partition coefficient (Wildman–Crippen LogP) is 1.68. The van der Waals surface area contributed by atoms with E-state index in [0.29, 0.717) is 0 Å². The molecule has 0 aliphatic carbocycles. The second kappa shape index (κ2) is 2.22. The normalized spacial score (nSPS) is 13.2. The Morgan fingerprint density at radius 2 is 2.45 bits per heavy atom. The van der Waals surface area contributed by atoms with Crippen LogP contribution in [0.3, 0.4) is 0 Å². The minimum Gasteiger partial charge on any atom is -0.343 e. The van der Waals surface area contributed by atoms with Gasteiger partial charge >= 0.3 is 0 Å². The first-order valence-electron chi connectivity index (χ1n) is 3.37. The molecule has 3 nitrogen and oxygen atoms in total. The van der Waals surface area contributed by atoms with Crippen molar-refractivity contribution >= 4 is 24.1 Å². The zero-order valence-corrected chi connectivity index (χ0v) is 6.13. The van der Waals surface area contributed by atoms with Gasteiger partial charge in [-0.3, -0.25) is 0 Å². The fourth-order valence-corrected chi connectivity index (χ4v) is 1.04. The Morgan fingerprint density at radius 1 is 1.55 bits per heavy atom. The van der Waals surface area contributed by atoms with Crippen LogP contribution in [0.25, 0.3) is 6.08 Å². The Morgan fingerprint density at radius 3 is 3.36 bits per heavy atom. The molecule has 0 aromatic carbocycles. The van der Waals surface area contributed by atoms with Crippen molar-refractivity contribution in [2.75, 3.05) is 0 Å². The number of aliphatic imine (C=N–C) groups is 2. The van der Waals surface area contributed by atoms with Gasteiger partial charge in [-0.2, -0.15) is 4.99 Å². The zero-order valence-electron chi connectivity index (χ0n) is 6.13. The van der Waals surface area contributed by atoms with Crippen LogP contribution in [0.4, 0.5) is 5.82 Å². The molecule has 1 N–H and O–H groups in total. The number of H-pyrrole nitrogens is 1. The van der Waals surface area contributed by atoms with Crippen molar-refractivity contribution in [1.29, 1.82) is 0 Å². The number of fused-ring (bicyclic) bond motifs is 1. The Kier molecular flexibility index (Phi) is 1.24. The first kappa shape index (κ1) is 6.13. The van der Waals surface area contributed by atoms with E-state index in [1.807, 2.05) is 19.1 Å². The third-order valence-electron chi connectivity index (χ3n) is 1.50. The molecule has 0 spiro atoms. The van der Waals surface area contributed by atoms with Gasteiger partial charge in [0.15, 0.2) is 0 Å². The molecule has 1 aromatic rings. The number of aromatic nitrogens is 1. The SMILES string of the molecule is Cc1cc2c([nH]1)N=CN=C=C2. The number of nitrogens with zero attached hydrogens (tertiary/aromatic N) is 2. The van der Waals surface area contributed by atoms with Gasteiger partial charge in [0.25, 0.3) is 0 Å². The highest BCUT2D eigenvalue weighted by molar-refractivity contribution is 5.89. The first-order chi connectivity index (χ1) is 5.36. The van der Waals surface area contributed by atoms with Gasteiger partial charge in [-0.15, -0.1) is 0 Å². The van der Waals surface area contributed by atoms with E-state index in [1.165, 1.54) is 6.34 Å². The summed E-state index contributed by atoms with van der Waals surface area (Å²) >= 11 is 0. The molecular weight excluding hydrogens is 138 g/mol. The third kappa shape index (κ3) is 1.02. The lowest BCUT2D eigenvalue weighted by molar-refractivity contribution is 1.24. The number of nitrogens with one attached hydrogen (secondary N) is 1. The average molecular weight is 145 g/mol.